The number of aromatic nitrogens is 4. The molecule has 1 aromatic carbocycles. The number of nitrogens with zero attached hydrogens (tertiary/aromatic N) is 4. The van der Waals surface area contributed by atoms with Crippen molar-refractivity contribution in [2.24, 2.45) is 0 Å². The van der Waals surface area contributed by atoms with Crippen LogP contribution in [0.15, 0.2) is 60.9 Å². The molecule has 4 aromatic rings. The molecule has 5 rings (SSSR count). The first-order valence-corrected chi connectivity index (χ1v) is 12.7. The summed E-state index contributed by atoms with van der Waals surface area (Å²) in [4.78, 5) is 37.8. The number of pyridine rings is 1. The van der Waals surface area contributed by atoms with Crippen molar-refractivity contribution < 1.29 is 22.8 Å². The van der Waals surface area contributed by atoms with Crippen LogP contribution in [-0.4, -0.2) is 37.7 Å². The Labute approximate surface area is 227 Å². The van der Waals surface area contributed by atoms with Gasteiger partial charge in [0, 0.05) is 55.0 Å². The molecule has 0 fully saturated rings. The van der Waals surface area contributed by atoms with Crippen LogP contribution in [0, 0.1) is 0 Å². The number of carbonyl (C=O) groups is 2. The fourth-order valence-electron chi connectivity index (χ4n) is 4.53. The van der Waals surface area contributed by atoms with E-state index in [1.807, 2.05) is 16.6 Å². The number of hydrogen-bond acceptors (Lipinski definition) is 6. The second-order valence-electron chi connectivity index (χ2n) is 9.32. The number of allylic oxidation sites excluding steroid dienone is 2. The number of halogens is 3. The predicted molar refractivity (Wildman–Crippen MR) is 143 cm³/mol. The third kappa shape index (κ3) is 5.80. The average Bonchev–Trinajstić information content (AvgIpc) is 3.32. The summed E-state index contributed by atoms with van der Waals surface area (Å²) in [5.74, 6) is 0.275. The number of alkyl halides is 3. The van der Waals surface area contributed by atoms with Crippen LogP contribution in [0.1, 0.15) is 46.7 Å². The number of imidazole rings is 1. The molecule has 40 heavy (non-hydrogen) atoms. The molecule has 0 aliphatic carbocycles. The highest BCUT2D eigenvalue weighted by Crippen LogP contribution is 2.31. The van der Waals surface area contributed by atoms with E-state index in [2.05, 4.69) is 20.6 Å². The Balaban J connectivity index is 1.45. The lowest BCUT2D eigenvalue weighted by Gasteiger charge is -2.10. The summed E-state index contributed by atoms with van der Waals surface area (Å²) >= 11 is 0. The van der Waals surface area contributed by atoms with Crippen molar-refractivity contribution in [2.75, 3.05) is 17.6 Å². The van der Waals surface area contributed by atoms with Crippen molar-refractivity contribution in [3.8, 4) is 11.3 Å². The van der Waals surface area contributed by atoms with E-state index >= 15 is 0 Å². The minimum Gasteiger partial charge on any atom is -0.382 e. The van der Waals surface area contributed by atoms with Crippen molar-refractivity contribution in [3.05, 3.63) is 83.6 Å². The zero-order valence-corrected chi connectivity index (χ0v) is 21.3. The van der Waals surface area contributed by atoms with E-state index in [1.165, 1.54) is 0 Å². The van der Waals surface area contributed by atoms with Gasteiger partial charge in [0.1, 0.15) is 28.7 Å². The topological polar surface area (TPSA) is 127 Å². The largest absolute Gasteiger partial charge is 0.416 e. The van der Waals surface area contributed by atoms with E-state index in [4.69, 9.17) is 10.7 Å². The van der Waals surface area contributed by atoms with E-state index in [1.54, 1.807) is 30.5 Å². The average molecular weight is 550 g/mol. The lowest BCUT2D eigenvalue weighted by Crippen LogP contribution is -2.24. The SMILES string of the molecule is Nc1ncc2n3c(nc(-c4ccc(C(=O)Nc5cc(C(F)(F)F)ccn5)cc4)c13)CCCNC(=O)CCC=CC2. The van der Waals surface area contributed by atoms with Gasteiger partial charge in [0.25, 0.3) is 5.91 Å². The summed E-state index contributed by atoms with van der Waals surface area (Å²) in [5, 5.41) is 5.33. The number of carbonyl (C=O) groups excluding carboxylic acids is 2. The van der Waals surface area contributed by atoms with E-state index < -0.39 is 17.6 Å². The molecule has 0 radical (unpaired) electrons. The smallest absolute Gasteiger partial charge is 0.382 e. The maximum atomic E-state index is 13.0. The number of benzene rings is 1. The molecule has 0 unspecified atom stereocenters. The Morgan fingerprint density at radius 3 is 2.65 bits per heavy atom. The number of nitrogens with one attached hydrogen (secondary N) is 2. The summed E-state index contributed by atoms with van der Waals surface area (Å²) in [5.41, 5.74) is 8.47. The van der Waals surface area contributed by atoms with Crippen molar-refractivity contribution in [3.63, 3.8) is 0 Å². The van der Waals surface area contributed by atoms with Crippen LogP contribution in [0.2, 0.25) is 0 Å². The third-order valence-electron chi connectivity index (χ3n) is 6.51. The molecule has 0 bridgehead atoms. The molecule has 9 nitrogen and oxygen atoms in total. The first-order valence-electron chi connectivity index (χ1n) is 12.7. The highest BCUT2D eigenvalue weighted by molar-refractivity contribution is 6.04. The second-order valence-corrected chi connectivity index (χ2v) is 9.32. The fourth-order valence-corrected chi connectivity index (χ4v) is 4.53. The molecule has 2 amide bonds. The summed E-state index contributed by atoms with van der Waals surface area (Å²) in [6, 6.07) is 8.13. The minimum absolute atomic E-state index is 0.00856. The number of nitrogen functional groups attached to an aromatic ring is 1. The Hall–Kier alpha value is -4.74. The summed E-state index contributed by atoms with van der Waals surface area (Å²) in [7, 11) is 0. The predicted octanol–water partition coefficient (Wildman–Crippen LogP) is 4.59. The van der Waals surface area contributed by atoms with Crippen LogP contribution in [0.4, 0.5) is 24.8 Å². The number of hydrogen-bond donors (Lipinski definition) is 3. The molecule has 4 heterocycles. The summed E-state index contributed by atoms with van der Waals surface area (Å²) in [6.07, 6.45) is 5.06. The normalized spacial score (nSPS) is 14.6. The standard InChI is InChI=1S/C28H26F3N7O2/c29-28(30,31)19-12-14-33-21(15-19)36-27(40)18-10-8-17(9-11-18)24-25-26(32)35-16-20-5-2-1-3-7-23(39)34-13-4-6-22(37-24)38(20)25/h1-2,8-12,14-16H,3-7,13H2,(H2,32,35)(H,34,39)(H,33,36,40). The highest BCUT2D eigenvalue weighted by atomic mass is 19.4. The van der Waals surface area contributed by atoms with E-state index in [-0.39, 0.29) is 17.3 Å². The molecule has 0 atom stereocenters. The Kier molecular flexibility index (Phi) is 7.50. The van der Waals surface area contributed by atoms with E-state index in [0.717, 1.165) is 29.8 Å². The molecule has 1 aliphatic heterocycles. The molecule has 0 spiro atoms. The molecule has 3 aromatic heterocycles. The van der Waals surface area contributed by atoms with Gasteiger partial charge in [-0.05, 0) is 37.1 Å². The molecule has 1 aliphatic rings. The van der Waals surface area contributed by atoms with Gasteiger partial charge in [0.2, 0.25) is 5.91 Å². The van der Waals surface area contributed by atoms with Gasteiger partial charge in [-0.25, -0.2) is 15.0 Å². The van der Waals surface area contributed by atoms with Gasteiger partial charge >= 0.3 is 6.18 Å². The van der Waals surface area contributed by atoms with Gasteiger partial charge in [-0.3, -0.25) is 14.0 Å². The molecule has 0 saturated heterocycles. The van der Waals surface area contributed by atoms with Crippen LogP contribution in [0.5, 0.6) is 0 Å². The number of amides is 2. The fraction of sp³-hybridized carbons (Fsp3) is 0.250. The monoisotopic (exact) mass is 549 g/mol. The zero-order valence-electron chi connectivity index (χ0n) is 21.3. The first-order chi connectivity index (χ1) is 19.2. The lowest BCUT2D eigenvalue weighted by atomic mass is 10.1. The lowest BCUT2D eigenvalue weighted by molar-refractivity contribution is -0.137. The van der Waals surface area contributed by atoms with E-state index in [9.17, 15) is 22.8 Å². The molecular formula is C28H26F3N7O2. The van der Waals surface area contributed by atoms with Gasteiger partial charge in [0.15, 0.2) is 0 Å². The van der Waals surface area contributed by atoms with Crippen LogP contribution >= 0.6 is 0 Å². The second kappa shape index (κ2) is 11.2. The number of anilines is 2. The highest BCUT2D eigenvalue weighted by Gasteiger charge is 2.31. The van der Waals surface area contributed by atoms with Crippen LogP contribution < -0.4 is 16.4 Å². The number of nitrogens with two attached hydrogens (primary N) is 1. The van der Waals surface area contributed by atoms with Gasteiger partial charge in [-0.2, -0.15) is 13.2 Å². The van der Waals surface area contributed by atoms with Gasteiger partial charge in [0.05, 0.1) is 5.56 Å². The maximum Gasteiger partial charge on any atom is 0.416 e. The third-order valence-corrected chi connectivity index (χ3v) is 6.51. The summed E-state index contributed by atoms with van der Waals surface area (Å²) < 4.78 is 41.0. The molecule has 12 heteroatoms. The Morgan fingerprint density at radius 1 is 1.07 bits per heavy atom. The van der Waals surface area contributed by atoms with Crippen molar-refractivity contribution in [2.45, 2.75) is 38.3 Å². The zero-order chi connectivity index (χ0) is 28.3. The summed E-state index contributed by atoms with van der Waals surface area (Å²) in [6.45, 7) is 0.521. The van der Waals surface area contributed by atoms with Crippen LogP contribution in [-0.2, 0) is 23.8 Å². The molecule has 206 valence electrons. The van der Waals surface area contributed by atoms with Crippen LogP contribution in [0.3, 0.4) is 0 Å². The number of aryl methyl sites for hydroxylation is 1. The molecule has 4 N–H and O–H groups in total. The van der Waals surface area contributed by atoms with E-state index in [0.29, 0.717) is 61.2 Å². The quantitative estimate of drug-likeness (QED) is 0.321. The Bertz CT molecular complexity index is 1590. The molecule has 0 saturated carbocycles. The van der Waals surface area contributed by atoms with Crippen molar-refractivity contribution in [1.82, 2.24) is 24.7 Å². The first kappa shape index (κ1) is 26.9. The van der Waals surface area contributed by atoms with Crippen molar-refractivity contribution in [1.29, 1.82) is 0 Å². The van der Waals surface area contributed by atoms with Gasteiger partial charge in [-0.1, -0.05) is 24.3 Å². The van der Waals surface area contributed by atoms with Crippen LogP contribution in [0.25, 0.3) is 16.8 Å². The molecular weight excluding hydrogens is 523 g/mol. The Morgan fingerprint density at radius 2 is 1.88 bits per heavy atom. The minimum atomic E-state index is -4.55. The van der Waals surface area contributed by atoms with Gasteiger partial charge < -0.3 is 16.4 Å². The number of rotatable bonds is 3. The maximum absolute atomic E-state index is 13.0. The van der Waals surface area contributed by atoms with Gasteiger partial charge in [-0.15, -0.1) is 0 Å². The van der Waals surface area contributed by atoms with Crippen molar-refractivity contribution >= 4 is 29.0 Å².